The van der Waals surface area contributed by atoms with Crippen molar-refractivity contribution in [3.63, 3.8) is 0 Å². The first-order chi connectivity index (χ1) is 14.5. The highest BCUT2D eigenvalue weighted by Gasteiger charge is 2.44. The number of para-hydroxylation sites is 1. The summed E-state index contributed by atoms with van der Waals surface area (Å²) in [7, 11) is 1.29. The molecule has 0 aliphatic carbocycles. The van der Waals surface area contributed by atoms with Gasteiger partial charge in [-0.2, -0.15) is 9.90 Å². The number of ether oxygens (including phenoxy) is 2. The van der Waals surface area contributed by atoms with Crippen molar-refractivity contribution in [3.8, 4) is 5.69 Å². The lowest BCUT2D eigenvalue weighted by atomic mass is 10.0. The van der Waals surface area contributed by atoms with Crippen molar-refractivity contribution < 1.29 is 23.9 Å². The number of likely N-dealkylation sites (tertiary alicyclic amines) is 1. The highest BCUT2D eigenvalue weighted by molar-refractivity contribution is 5.93. The van der Waals surface area contributed by atoms with Crippen molar-refractivity contribution in [1.29, 1.82) is 0 Å². The average molecular weight is 413 g/mol. The van der Waals surface area contributed by atoms with Gasteiger partial charge in [0.15, 0.2) is 11.7 Å². The Labute approximate surface area is 173 Å². The molecule has 158 valence electrons. The molecule has 2 aromatic rings. The lowest BCUT2D eigenvalue weighted by Gasteiger charge is -2.36. The summed E-state index contributed by atoms with van der Waals surface area (Å²) >= 11 is 0. The van der Waals surface area contributed by atoms with Gasteiger partial charge in [-0.15, -0.1) is 5.10 Å². The van der Waals surface area contributed by atoms with E-state index < -0.39 is 18.1 Å². The highest BCUT2D eigenvalue weighted by Crippen LogP contribution is 2.25. The Bertz CT molecular complexity index is 952. The van der Waals surface area contributed by atoms with E-state index in [0.717, 1.165) is 5.69 Å². The zero-order chi connectivity index (χ0) is 21.3. The highest BCUT2D eigenvalue weighted by atomic mass is 16.6. The topological polar surface area (TPSA) is 107 Å². The molecule has 2 amide bonds. The van der Waals surface area contributed by atoms with Gasteiger partial charge in [-0.05, 0) is 31.9 Å². The van der Waals surface area contributed by atoms with Gasteiger partial charge in [0.05, 0.1) is 18.5 Å². The maximum atomic E-state index is 13.0. The molecule has 0 radical (unpaired) electrons. The average Bonchev–Trinajstić information content (AvgIpc) is 3.36. The molecule has 10 heteroatoms. The molecule has 3 heterocycles. The molecule has 0 saturated carbocycles. The summed E-state index contributed by atoms with van der Waals surface area (Å²) in [5.74, 6) is -0.686. The van der Waals surface area contributed by atoms with Crippen LogP contribution in [0.1, 0.15) is 29.0 Å². The monoisotopic (exact) mass is 413 g/mol. The van der Waals surface area contributed by atoms with Crippen LogP contribution in [0.15, 0.2) is 30.3 Å². The maximum absolute atomic E-state index is 13.0. The van der Waals surface area contributed by atoms with E-state index in [9.17, 15) is 14.4 Å². The number of piperidine rings is 1. The van der Waals surface area contributed by atoms with E-state index in [4.69, 9.17) is 9.47 Å². The smallest absolute Gasteiger partial charge is 0.410 e. The Balaban J connectivity index is 1.43. The minimum absolute atomic E-state index is 0.00750. The van der Waals surface area contributed by atoms with Crippen LogP contribution >= 0.6 is 0 Å². The zero-order valence-corrected chi connectivity index (χ0v) is 16.9. The Kier molecular flexibility index (Phi) is 5.39. The zero-order valence-electron chi connectivity index (χ0n) is 16.9. The molecule has 0 unspecified atom stereocenters. The second kappa shape index (κ2) is 8.13. The van der Waals surface area contributed by atoms with E-state index in [1.54, 1.807) is 11.8 Å². The quantitative estimate of drug-likeness (QED) is 0.693. The fraction of sp³-hybridized carbons (Fsp3) is 0.450. The van der Waals surface area contributed by atoms with Crippen LogP contribution in [-0.4, -0.2) is 81.7 Å². The minimum Gasteiger partial charge on any atom is -0.467 e. The second-order valence-corrected chi connectivity index (χ2v) is 7.31. The Hall–Kier alpha value is -3.43. The normalized spacial score (nSPS) is 19.7. The van der Waals surface area contributed by atoms with E-state index in [1.165, 1.54) is 16.8 Å². The van der Waals surface area contributed by atoms with Gasteiger partial charge in [0.25, 0.3) is 5.91 Å². The van der Waals surface area contributed by atoms with Crippen LogP contribution in [0.5, 0.6) is 0 Å². The third kappa shape index (κ3) is 3.60. The first-order valence-corrected chi connectivity index (χ1v) is 9.81. The van der Waals surface area contributed by atoms with E-state index in [2.05, 4.69) is 10.2 Å². The number of aryl methyl sites for hydroxylation is 1. The second-order valence-electron chi connectivity index (χ2n) is 7.31. The number of benzene rings is 1. The maximum Gasteiger partial charge on any atom is 0.410 e. The fourth-order valence-electron chi connectivity index (χ4n) is 3.90. The van der Waals surface area contributed by atoms with E-state index >= 15 is 0 Å². The third-order valence-corrected chi connectivity index (χ3v) is 5.50. The van der Waals surface area contributed by atoms with Gasteiger partial charge in [-0.1, -0.05) is 18.2 Å². The van der Waals surface area contributed by atoms with Gasteiger partial charge < -0.3 is 14.4 Å². The molecule has 4 rings (SSSR count). The van der Waals surface area contributed by atoms with Crippen molar-refractivity contribution in [2.75, 3.05) is 26.8 Å². The van der Waals surface area contributed by atoms with Gasteiger partial charge in [0.1, 0.15) is 6.61 Å². The van der Waals surface area contributed by atoms with Gasteiger partial charge in [-0.25, -0.2) is 9.59 Å². The van der Waals surface area contributed by atoms with E-state index in [1.807, 2.05) is 30.3 Å². The number of aromatic nitrogens is 3. The molecule has 2 aliphatic heterocycles. The molecule has 2 aliphatic rings. The molecule has 0 bridgehead atoms. The number of carbonyl (C=O) groups is 3. The van der Waals surface area contributed by atoms with Crippen LogP contribution in [0, 0.1) is 6.92 Å². The Morgan fingerprint density at radius 1 is 1.13 bits per heavy atom. The molecule has 0 spiro atoms. The first-order valence-electron chi connectivity index (χ1n) is 9.81. The van der Waals surface area contributed by atoms with Gasteiger partial charge in [-0.3, -0.25) is 9.69 Å². The van der Waals surface area contributed by atoms with Crippen LogP contribution in [0.2, 0.25) is 0 Å². The Morgan fingerprint density at radius 2 is 1.83 bits per heavy atom. The summed E-state index contributed by atoms with van der Waals surface area (Å²) in [6, 6.07) is 8.47. The number of amides is 2. The van der Waals surface area contributed by atoms with Gasteiger partial charge in [0, 0.05) is 19.1 Å². The first kappa shape index (κ1) is 19.9. The van der Waals surface area contributed by atoms with Crippen molar-refractivity contribution >= 4 is 18.0 Å². The van der Waals surface area contributed by atoms with Crippen LogP contribution < -0.4 is 0 Å². The largest absolute Gasteiger partial charge is 0.467 e. The number of carbonyl (C=O) groups excluding carboxylic acids is 3. The van der Waals surface area contributed by atoms with Crippen LogP contribution in [-0.2, 0) is 14.3 Å². The third-order valence-electron chi connectivity index (χ3n) is 5.50. The number of rotatable bonds is 4. The van der Waals surface area contributed by atoms with Crippen molar-refractivity contribution in [2.45, 2.75) is 31.8 Å². The summed E-state index contributed by atoms with van der Waals surface area (Å²) in [6.07, 6.45) is 0.567. The molecule has 30 heavy (non-hydrogen) atoms. The number of cyclic esters (lactones) is 1. The van der Waals surface area contributed by atoms with E-state index in [-0.39, 0.29) is 18.6 Å². The van der Waals surface area contributed by atoms with Gasteiger partial charge >= 0.3 is 12.1 Å². The molecule has 2 fully saturated rings. The number of methoxy groups -OCH3 is 1. The van der Waals surface area contributed by atoms with Crippen LogP contribution in [0.25, 0.3) is 5.69 Å². The summed E-state index contributed by atoms with van der Waals surface area (Å²) in [4.78, 5) is 41.7. The summed E-state index contributed by atoms with van der Waals surface area (Å²) < 4.78 is 9.82. The summed E-state index contributed by atoms with van der Waals surface area (Å²) in [6.45, 7) is 2.64. The van der Waals surface area contributed by atoms with E-state index in [0.29, 0.717) is 37.3 Å². The molecule has 1 aromatic heterocycles. The summed E-state index contributed by atoms with van der Waals surface area (Å²) in [5, 5.41) is 8.74. The Morgan fingerprint density at radius 3 is 2.50 bits per heavy atom. The number of nitrogens with zero attached hydrogens (tertiary/aromatic N) is 5. The van der Waals surface area contributed by atoms with Crippen LogP contribution in [0.4, 0.5) is 4.79 Å². The molecule has 0 N–H and O–H groups in total. The minimum atomic E-state index is -0.734. The lowest BCUT2D eigenvalue weighted by Crippen LogP contribution is -2.52. The lowest BCUT2D eigenvalue weighted by molar-refractivity contribution is -0.145. The molecule has 1 aromatic carbocycles. The van der Waals surface area contributed by atoms with Gasteiger partial charge in [0.2, 0.25) is 0 Å². The molecular weight excluding hydrogens is 390 g/mol. The molecular formula is C20H23N5O5. The fourth-order valence-corrected chi connectivity index (χ4v) is 3.90. The predicted octanol–water partition coefficient (Wildman–Crippen LogP) is 1.17. The number of hydrogen-bond acceptors (Lipinski definition) is 7. The van der Waals surface area contributed by atoms with Crippen LogP contribution in [0.3, 0.4) is 0 Å². The van der Waals surface area contributed by atoms with Crippen molar-refractivity contribution in [2.24, 2.45) is 0 Å². The molecule has 2 saturated heterocycles. The molecule has 1 atom stereocenters. The molecule has 10 nitrogen and oxygen atoms in total. The predicted molar refractivity (Wildman–Crippen MR) is 104 cm³/mol. The number of esters is 1. The van der Waals surface area contributed by atoms with Crippen molar-refractivity contribution in [3.05, 3.63) is 41.7 Å². The SMILES string of the molecule is COC(=O)[C@@H]1COC(=O)N1C1CCN(C(=O)c2nn(-c3ccccc3)nc2C)CC1. The van der Waals surface area contributed by atoms with Crippen molar-refractivity contribution in [1.82, 2.24) is 24.8 Å². The standard InChI is InChI=1S/C20H23N5O5/c1-13-17(22-25(21-13)15-6-4-3-5-7-15)18(26)23-10-8-14(9-11-23)24-16(19(27)29-2)12-30-20(24)28/h3-7,14,16H,8-12H2,1-2H3/t16-/m0/s1. The summed E-state index contributed by atoms with van der Waals surface area (Å²) in [5.41, 5.74) is 1.64. The number of hydrogen-bond donors (Lipinski definition) is 0.